The van der Waals surface area contributed by atoms with Crippen LogP contribution in [0.4, 0.5) is 0 Å². The summed E-state index contributed by atoms with van der Waals surface area (Å²) in [5, 5.41) is -0.0167. The van der Waals surface area contributed by atoms with E-state index in [1.165, 1.54) is 24.3 Å². The van der Waals surface area contributed by atoms with Gasteiger partial charge < -0.3 is 8.83 Å². The van der Waals surface area contributed by atoms with Gasteiger partial charge in [0.05, 0.1) is 11.4 Å². The Labute approximate surface area is 282 Å². The average Bonchev–Trinajstić information content (AvgIpc) is 3.15. The van der Waals surface area contributed by atoms with Crippen LogP contribution in [0.2, 0.25) is 0 Å². The Morgan fingerprint density at radius 1 is 0.540 bits per heavy atom. The molecule has 7 rings (SSSR count). The molecule has 50 heavy (non-hydrogen) atoms. The van der Waals surface area contributed by atoms with Crippen molar-refractivity contribution in [3.8, 4) is 11.4 Å². The standard InChI is InChI=1S/C38H30N6O6/c1-3-41-31(23-39-25-15-19-29(45)20-16-25)49-37-33(43(41)27-11-7-5-8-12-27)35(47)38-34(36(37)48)44(28-13-9-6-10-14-28)42(4-2)32(50-38)24-40-26-17-21-30(46)22-18-26/h5-24H,3-4H2,1-2H3/p+2. The van der Waals surface area contributed by atoms with Crippen LogP contribution in [0.15, 0.2) is 128 Å². The molecular weight excluding hydrogens is 636 g/mol. The monoisotopic (exact) mass is 668 g/mol. The topological polar surface area (TPSA) is 142 Å². The first-order chi connectivity index (χ1) is 24.4. The Bertz CT molecular complexity index is 2570. The molecule has 0 saturated heterocycles. The Morgan fingerprint density at radius 2 is 0.900 bits per heavy atom. The third-order valence-corrected chi connectivity index (χ3v) is 8.14. The SMILES string of the molecule is CCn1c(=C[NH+]=C2C=CC(=O)C=C2)oc2c(=O)c3n(-c4ccccc4)n(CC)c(=C[NH+]=C4C=CC(=O)C=C4)oc=3c(=O)c=2n1-c1ccccc1. The molecule has 2 aliphatic heterocycles. The largest absolute Gasteiger partial charge is 0.428 e. The molecule has 12 heteroatoms. The first kappa shape index (κ1) is 31.8. The molecule has 248 valence electrons. The first-order valence-electron chi connectivity index (χ1n) is 16.0. The minimum absolute atomic E-state index is 0.00837. The van der Waals surface area contributed by atoms with Gasteiger partial charge in [-0.25, -0.2) is 28.7 Å². The lowest BCUT2D eigenvalue weighted by molar-refractivity contribution is -0.330. The minimum Gasteiger partial charge on any atom is -0.428 e. The van der Waals surface area contributed by atoms with E-state index in [-0.39, 0.29) is 44.2 Å². The van der Waals surface area contributed by atoms with Crippen molar-refractivity contribution in [1.29, 1.82) is 0 Å². The van der Waals surface area contributed by atoms with Gasteiger partial charge in [0.15, 0.2) is 22.3 Å². The number of aromatic nitrogens is 4. The van der Waals surface area contributed by atoms with Crippen LogP contribution < -0.4 is 31.9 Å². The summed E-state index contributed by atoms with van der Waals surface area (Å²) in [4.78, 5) is 59.2. The van der Waals surface area contributed by atoms with E-state index in [2.05, 4.69) is 9.98 Å². The number of benzene rings is 2. The van der Waals surface area contributed by atoms with E-state index in [1.54, 1.807) is 55.4 Å². The van der Waals surface area contributed by atoms with Gasteiger partial charge in [-0.05, 0) is 62.4 Å². The molecule has 0 aromatic heterocycles. The molecule has 12 nitrogen and oxygen atoms in total. The van der Waals surface area contributed by atoms with Crippen LogP contribution in [0, 0.1) is 21.5 Å². The van der Waals surface area contributed by atoms with Crippen LogP contribution >= 0.6 is 0 Å². The molecule has 2 aromatic rings. The minimum atomic E-state index is -0.562. The molecule has 0 saturated carbocycles. The molecule has 2 N–H and O–H groups in total. The quantitative estimate of drug-likeness (QED) is 0.230. The molecule has 0 bridgehead atoms. The molecule has 0 unspecified atom stereocenters. The molecule has 0 amide bonds. The summed E-state index contributed by atoms with van der Waals surface area (Å²) in [6, 6.07) is 18.4. The lowest BCUT2D eigenvalue weighted by Crippen LogP contribution is -2.67. The number of allylic oxidation sites excluding steroid dienone is 8. The predicted molar refractivity (Wildman–Crippen MR) is 184 cm³/mol. The zero-order valence-corrected chi connectivity index (χ0v) is 27.2. The molecule has 2 heterocycles. The Morgan fingerprint density at radius 3 is 1.24 bits per heavy atom. The first-order valence-corrected chi connectivity index (χ1v) is 16.0. The van der Waals surface area contributed by atoms with E-state index in [9.17, 15) is 19.2 Å². The third kappa shape index (κ3) is 5.79. The summed E-state index contributed by atoms with van der Waals surface area (Å²) in [5.74, 6) is -0.253. The lowest BCUT2D eigenvalue weighted by atomic mass is 10.2. The van der Waals surface area contributed by atoms with E-state index >= 15 is 0 Å². The Kier molecular flexibility index (Phi) is 8.48. The molecule has 0 spiro atoms. The fourth-order valence-corrected chi connectivity index (χ4v) is 5.83. The van der Waals surface area contributed by atoms with Gasteiger partial charge in [0, 0.05) is 37.4 Å². The zero-order valence-electron chi connectivity index (χ0n) is 27.2. The fraction of sp³-hybridized carbons (Fsp3) is 0.105. The van der Waals surface area contributed by atoms with Gasteiger partial charge in [-0.2, -0.15) is 0 Å². The van der Waals surface area contributed by atoms with E-state index < -0.39 is 10.9 Å². The van der Waals surface area contributed by atoms with Gasteiger partial charge >= 0.3 is 0 Å². The summed E-state index contributed by atoms with van der Waals surface area (Å²) >= 11 is 0. The average molecular weight is 669 g/mol. The molecule has 0 fully saturated rings. The zero-order chi connectivity index (χ0) is 34.8. The Balaban J connectivity index is 1.68. The van der Waals surface area contributed by atoms with Gasteiger partial charge in [-0.15, -0.1) is 0 Å². The normalized spacial score (nSPS) is 14.8. The second-order valence-corrected chi connectivity index (χ2v) is 11.2. The van der Waals surface area contributed by atoms with Gasteiger partial charge in [0.1, 0.15) is 0 Å². The molecular formula is C38H32N6O6+2. The van der Waals surface area contributed by atoms with Crippen molar-refractivity contribution in [2.24, 2.45) is 0 Å². The van der Waals surface area contributed by atoms with Crippen LogP contribution in [0.25, 0.3) is 23.8 Å². The maximum atomic E-state index is 14.8. The maximum Gasteiger partial charge on any atom is 0.280 e. The van der Waals surface area contributed by atoms with Crippen LogP contribution in [0.5, 0.6) is 0 Å². The predicted octanol–water partition coefficient (Wildman–Crippen LogP) is -0.699. The number of carbonyl (C=O) groups is 2. The molecule has 0 atom stereocenters. The summed E-state index contributed by atoms with van der Waals surface area (Å²) in [7, 11) is 0. The van der Waals surface area contributed by atoms with Crippen molar-refractivity contribution in [3.05, 3.63) is 162 Å². The van der Waals surface area contributed by atoms with Crippen LogP contribution in [0.3, 0.4) is 0 Å². The summed E-state index contributed by atoms with van der Waals surface area (Å²) in [6.45, 7) is 4.49. The highest BCUT2D eigenvalue weighted by molar-refractivity contribution is 6.15. The van der Waals surface area contributed by atoms with Crippen LogP contribution in [0.1, 0.15) is 13.8 Å². The second-order valence-electron chi connectivity index (χ2n) is 11.2. The maximum absolute atomic E-state index is 14.8. The second kappa shape index (κ2) is 13.4. The number of nitrogens with zero attached hydrogens (tertiary/aromatic N) is 4. The number of rotatable bonds is 6. The third-order valence-electron chi connectivity index (χ3n) is 8.14. The van der Waals surface area contributed by atoms with Gasteiger partial charge in [-0.3, -0.25) is 19.2 Å². The van der Waals surface area contributed by atoms with Crippen LogP contribution in [-0.2, 0) is 22.7 Å². The van der Waals surface area contributed by atoms with Crippen molar-refractivity contribution in [1.82, 2.24) is 18.7 Å². The van der Waals surface area contributed by atoms with Crippen molar-refractivity contribution in [2.75, 3.05) is 0 Å². The smallest absolute Gasteiger partial charge is 0.280 e. The number of carbonyl (C=O) groups excluding carboxylic acids is 2. The van der Waals surface area contributed by atoms with Crippen molar-refractivity contribution in [3.63, 3.8) is 0 Å². The molecule has 0 radical (unpaired) electrons. The summed E-state index contributed by atoms with van der Waals surface area (Å²) < 4.78 is 19.5. The summed E-state index contributed by atoms with van der Waals surface area (Å²) in [5.41, 5.74) is 1.51. The highest BCUT2D eigenvalue weighted by atomic mass is 16.4. The van der Waals surface area contributed by atoms with Crippen molar-refractivity contribution >= 4 is 35.4 Å². The highest BCUT2D eigenvalue weighted by Gasteiger charge is 2.21. The van der Waals surface area contributed by atoms with E-state index in [0.717, 1.165) is 0 Å². The van der Waals surface area contributed by atoms with Crippen LogP contribution in [-0.4, -0.2) is 41.7 Å². The van der Waals surface area contributed by atoms with Crippen molar-refractivity contribution < 1.29 is 28.4 Å². The van der Waals surface area contributed by atoms with Gasteiger partial charge in [0.2, 0.25) is 34.7 Å². The van der Waals surface area contributed by atoms with Crippen molar-refractivity contribution in [2.45, 2.75) is 26.9 Å². The summed E-state index contributed by atoms with van der Waals surface area (Å²) in [6.07, 6.45) is 15.5. The number of hydrogen-bond acceptors (Lipinski definition) is 6. The highest BCUT2D eigenvalue weighted by Crippen LogP contribution is 2.10. The van der Waals surface area contributed by atoms with E-state index in [4.69, 9.17) is 8.83 Å². The number of nitrogens with one attached hydrogen (secondary N) is 2. The molecule has 2 aromatic carbocycles. The number of hydrogen-bond donors (Lipinski definition) is 2. The molecule has 5 aliphatic rings. The van der Waals surface area contributed by atoms with Gasteiger partial charge in [-0.1, -0.05) is 36.4 Å². The fourth-order valence-electron chi connectivity index (χ4n) is 5.83. The molecule has 3 aliphatic carbocycles. The van der Waals surface area contributed by atoms with E-state index in [0.29, 0.717) is 35.9 Å². The lowest BCUT2D eigenvalue weighted by Gasteiger charge is -2.18. The van der Waals surface area contributed by atoms with E-state index in [1.807, 2.05) is 74.5 Å². The Hall–Kier alpha value is -6.82. The number of ketones is 2. The number of para-hydroxylation sites is 2. The van der Waals surface area contributed by atoms with Gasteiger partial charge in [0.25, 0.3) is 21.9 Å².